The van der Waals surface area contributed by atoms with Gasteiger partial charge in [-0.25, -0.2) is 0 Å². The second-order valence-electron chi connectivity index (χ2n) is 4.96. The second kappa shape index (κ2) is 8.97. The molecule has 0 bridgehead atoms. The lowest BCUT2D eigenvalue weighted by Gasteiger charge is -2.12. The molecule has 0 aliphatic rings. The number of hydrogen-bond donors (Lipinski definition) is 1. The molecule has 23 heavy (non-hydrogen) atoms. The zero-order valence-electron chi connectivity index (χ0n) is 13.4. The maximum absolute atomic E-state index is 12.5. The molecule has 1 amide bonds. The van der Waals surface area contributed by atoms with E-state index in [-0.39, 0.29) is 11.2 Å². The minimum Gasteiger partial charge on any atom is -0.415 e. The highest BCUT2D eigenvalue weighted by molar-refractivity contribution is 8.00. The van der Waals surface area contributed by atoms with E-state index in [0.717, 1.165) is 19.3 Å². The third-order valence-corrected chi connectivity index (χ3v) is 4.59. The monoisotopic (exact) mass is 356 g/mol. The molecule has 0 aromatic carbocycles. The van der Waals surface area contributed by atoms with Gasteiger partial charge in [-0.2, -0.15) is 11.8 Å². The van der Waals surface area contributed by atoms with Crippen molar-refractivity contribution in [2.75, 3.05) is 11.6 Å². The highest BCUT2D eigenvalue weighted by atomic mass is 32.2. The van der Waals surface area contributed by atoms with Gasteiger partial charge in [0.1, 0.15) is 5.76 Å². The summed E-state index contributed by atoms with van der Waals surface area (Å²) in [5, 5.41) is 14.6. The Hall–Kier alpha value is -1.48. The molecule has 2 aromatic rings. The van der Waals surface area contributed by atoms with Crippen molar-refractivity contribution in [2.45, 2.75) is 49.3 Å². The Kier molecular flexibility index (Phi) is 6.97. The molecule has 2 aromatic heterocycles. The van der Waals surface area contributed by atoms with Crippen LogP contribution in [0.2, 0.25) is 0 Å². The van der Waals surface area contributed by atoms with Crippen molar-refractivity contribution in [3.8, 4) is 0 Å². The number of hydrogen-bond acceptors (Lipinski definition) is 8. The van der Waals surface area contributed by atoms with Crippen molar-refractivity contribution in [2.24, 2.45) is 0 Å². The molecule has 1 atom stereocenters. The van der Waals surface area contributed by atoms with Gasteiger partial charge in [0.2, 0.25) is 11.8 Å². The fourth-order valence-corrected chi connectivity index (χ4v) is 3.14. The number of nitrogens with one attached hydrogen (secondary N) is 1. The van der Waals surface area contributed by atoms with Gasteiger partial charge < -0.3 is 14.3 Å². The third-order valence-electron chi connectivity index (χ3n) is 2.95. The SMILES string of the molecule is CCCCC(Sc1nnc(CSC)o1)C(=O)Nc1cc(C)on1. The molecular weight excluding hydrogens is 336 g/mol. The Labute approximate surface area is 143 Å². The van der Waals surface area contributed by atoms with Gasteiger partial charge in [0, 0.05) is 6.07 Å². The van der Waals surface area contributed by atoms with Gasteiger partial charge in [-0.05, 0) is 19.6 Å². The van der Waals surface area contributed by atoms with Crippen LogP contribution in [0.25, 0.3) is 0 Å². The summed E-state index contributed by atoms with van der Waals surface area (Å²) in [6.45, 7) is 3.86. The molecule has 7 nitrogen and oxygen atoms in total. The number of anilines is 1. The molecule has 0 saturated heterocycles. The lowest BCUT2D eigenvalue weighted by Crippen LogP contribution is -2.25. The summed E-state index contributed by atoms with van der Waals surface area (Å²) in [6, 6.07) is 1.68. The van der Waals surface area contributed by atoms with Crippen LogP contribution in [0.15, 0.2) is 20.2 Å². The van der Waals surface area contributed by atoms with Crippen LogP contribution in [0.5, 0.6) is 0 Å². The number of rotatable bonds is 9. The molecule has 1 N–H and O–H groups in total. The average Bonchev–Trinajstić information content (AvgIpc) is 3.13. The maximum atomic E-state index is 12.5. The lowest BCUT2D eigenvalue weighted by molar-refractivity contribution is -0.115. The maximum Gasteiger partial charge on any atom is 0.277 e. The molecule has 0 aliphatic heterocycles. The van der Waals surface area contributed by atoms with E-state index >= 15 is 0 Å². The second-order valence-corrected chi connectivity index (χ2v) is 6.98. The zero-order valence-corrected chi connectivity index (χ0v) is 15.0. The van der Waals surface area contributed by atoms with Crippen molar-refractivity contribution in [3.05, 3.63) is 17.7 Å². The number of nitrogens with zero attached hydrogens (tertiary/aromatic N) is 3. The largest absolute Gasteiger partial charge is 0.415 e. The van der Waals surface area contributed by atoms with Crippen LogP contribution >= 0.6 is 23.5 Å². The summed E-state index contributed by atoms with van der Waals surface area (Å²) in [5.74, 6) is 2.17. The van der Waals surface area contributed by atoms with Crippen LogP contribution in [-0.4, -0.2) is 32.8 Å². The smallest absolute Gasteiger partial charge is 0.277 e. The van der Waals surface area contributed by atoms with Gasteiger partial charge in [0.15, 0.2) is 5.82 Å². The molecular formula is C14H20N4O3S2. The Morgan fingerprint density at radius 3 is 2.91 bits per heavy atom. The third kappa shape index (κ3) is 5.58. The number of unbranched alkanes of at least 4 members (excludes halogenated alkanes) is 1. The number of thioether (sulfide) groups is 2. The van der Waals surface area contributed by atoms with E-state index < -0.39 is 0 Å². The van der Waals surface area contributed by atoms with Crippen LogP contribution in [0, 0.1) is 6.92 Å². The molecule has 0 radical (unpaired) electrons. The highest BCUT2D eigenvalue weighted by Gasteiger charge is 2.23. The van der Waals surface area contributed by atoms with E-state index in [1.165, 1.54) is 11.8 Å². The van der Waals surface area contributed by atoms with Gasteiger partial charge >= 0.3 is 0 Å². The topological polar surface area (TPSA) is 94.0 Å². The van der Waals surface area contributed by atoms with Crippen LogP contribution < -0.4 is 5.32 Å². The average molecular weight is 356 g/mol. The first-order chi connectivity index (χ1) is 11.1. The number of aromatic nitrogens is 3. The van der Waals surface area contributed by atoms with Crippen molar-refractivity contribution in [1.29, 1.82) is 0 Å². The number of amides is 1. The van der Waals surface area contributed by atoms with Crippen molar-refractivity contribution >= 4 is 35.2 Å². The normalized spacial score (nSPS) is 12.3. The van der Waals surface area contributed by atoms with Crippen LogP contribution in [0.4, 0.5) is 5.82 Å². The molecule has 9 heteroatoms. The van der Waals surface area contributed by atoms with Gasteiger partial charge in [0.05, 0.1) is 11.0 Å². The Morgan fingerprint density at radius 1 is 1.43 bits per heavy atom. The van der Waals surface area contributed by atoms with E-state index in [9.17, 15) is 4.79 Å². The summed E-state index contributed by atoms with van der Waals surface area (Å²) in [7, 11) is 0. The predicted molar refractivity (Wildman–Crippen MR) is 90.6 cm³/mol. The predicted octanol–water partition coefficient (Wildman–Crippen LogP) is 3.52. The summed E-state index contributed by atoms with van der Waals surface area (Å²) < 4.78 is 10.5. The van der Waals surface area contributed by atoms with Crippen LogP contribution in [0.3, 0.4) is 0 Å². The van der Waals surface area contributed by atoms with Gasteiger partial charge in [-0.3, -0.25) is 4.79 Å². The Morgan fingerprint density at radius 2 is 2.26 bits per heavy atom. The lowest BCUT2D eigenvalue weighted by atomic mass is 10.2. The first kappa shape index (κ1) is 17.9. The molecule has 2 rings (SSSR count). The van der Waals surface area contributed by atoms with Crippen molar-refractivity contribution in [3.63, 3.8) is 0 Å². The van der Waals surface area contributed by atoms with Crippen LogP contribution in [0.1, 0.15) is 37.8 Å². The van der Waals surface area contributed by atoms with Gasteiger partial charge in [-0.1, -0.05) is 36.7 Å². The molecule has 2 heterocycles. The zero-order chi connectivity index (χ0) is 16.7. The van der Waals surface area contributed by atoms with Gasteiger partial charge in [0.25, 0.3) is 5.22 Å². The standard InChI is InChI=1S/C14H20N4O3S2/c1-4-5-6-10(13(19)15-11-7-9(2)21-18-11)23-14-17-16-12(20-14)8-22-3/h7,10H,4-6,8H2,1-3H3,(H,15,18,19). The fraction of sp³-hybridized carbons (Fsp3) is 0.571. The molecule has 0 spiro atoms. The first-order valence-electron chi connectivity index (χ1n) is 7.34. The van der Waals surface area contributed by atoms with Crippen molar-refractivity contribution in [1.82, 2.24) is 15.4 Å². The fourth-order valence-electron chi connectivity index (χ4n) is 1.85. The number of carbonyl (C=O) groups excluding carboxylic acids is 1. The minimum absolute atomic E-state index is 0.138. The number of carbonyl (C=O) groups is 1. The molecule has 126 valence electrons. The minimum atomic E-state index is -0.311. The Bertz CT molecular complexity index is 629. The quantitative estimate of drug-likeness (QED) is 0.682. The molecule has 1 unspecified atom stereocenters. The number of aryl methyl sites for hydroxylation is 1. The van der Waals surface area contributed by atoms with E-state index in [1.54, 1.807) is 24.8 Å². The van der Waals surface area contributed by atoms with E-state index in [4.69, 9.17) is 8.94 Å². The Balaban J connectivity index is 2.00. The molecule has 0 aliphatic carbocycles. The van der Waals surface area contributed by atoms with Gasteiger partial charge in [-0.15, -0.1) is 10.2 Å². The molecule has 0 saturated carbocycles. The first-order valence-corrected chi connectivity index (χ1v) is 9.62. The summed E-state index contributed by atoms with van der Waals surface area (Å²) in [5.41, 5.74) is 0. The summed E-state index contributed by atoms with van der Waals surface area (Å²) in [4.78, 5) is 12.5. The summed E-state index contributed by atoms with van der Waals surface area (Å²) in [6.07, 6.45) is 4.64. The van der Waals surface area contributed by atoms with E-state index in [1.807, 2.05) is 6.26 Å². The van der Waals surface area contributed by atoms with E-state index in [2.05, 4.69) is 27.6 Å². The van der Waals surface area contributed by atoms with E-state index in [0.29, 0.717) is 28.4 Å². The molecule has 0 fully saturated rings. The van der Waals surface area contributed by atoms with Crippen molar-refractivity contribution < 1.29 is 13.7 Å². The van der Waals surface area contributed by atoms with Crippen LogP contribution in [-0.2, 0) is 10.5 Å². The highest BCUT2D eigenvalue weighted by Crippen LogP contribution is 2.27. The summed E-state index contributed by atoms with van der Waals surface area (Å²) >= 11 is 2.90.